The molecule has 1 aliphatic heterocycles. The number of nitrogens with one attached hydrogen (secondary N) is 1. The molecular weight excluding hydrogens is 292 g/mol. The molecule has 23 heavy (non-hydrogen) atoms. The molecule has 6 heteroatoms. The number of aryl methyl sites for hydroxylation is 2. The molecule has 0 aromatic carbocycles. The number of hydrogen-bond acceptors (Lipinski definition) is 3. The van der Waals surface area contributed by atoms with E-state index in [-0.39, 0.29) is 11.8 Å². The van der Waals surface area contributed by atoms with Crippen LogP contribution in [0.5, 0.6) is 0 Å². The van der Waals surface area contributed by atoms with E-state index in [4.69, 9.17) is 0 Å². The van der Waals surface area contributed by atoms with Gasteiger partial charge in [-0.15, -0.1) is 0 Å². The lowest BCUT2D eigenvalue weighted by Gasteiger charge is -2.20. The molecule has 0 radical (unpaired) electrons. The fraction of sp³-hybridized carbons (Fsp3) is 0.706. The van der Waals surface area contributed by atoms with Crippen molar-refractivity contribution in [1.29, 1.82) is 0 Å². The Kier molecular flexibility index (Phi) is 6.19. The Morgan fingerprint density at radius 3 is 2.74 bits per heavy atom. The number of aromatic nitrogens is 2. The van der Waals surface area contributed by atoms with Gasteiger partial charge in [-0.05, 0) is 33.1 Å². The van der Waals surface area contributed by atoms with Crippen molar-refractivity contribution in [2.24, 2.45) is 0 Å². The van der Waals surface area contributed by atoms with Crippen LogP contribution in [0, 0.1) is 13.8 Å². The summed E-state index contributed by atoms with van der Waals surface area (Å²) in [5.74, 6) is 0.128. The minimum absolute atomic E-state index is 0.0516. The van der Waals surface area contributed by atoms with E-state index >= 15 is 0 Å². The molecule has 6 nitrogen and oxygen atoms in total. The first-order chi connectivity index (χ1) is 11.0. The molecule has 0 spiro atoms. The molecule has 1 aliphatic rings. The van der Waals surface area contributed by atoms with Crippen LogP contribution in [0.1, 0.15) is 56.8 Å². The zero-order valence-corrected chi connectivity index (χ0v) is 14.5. The summed E-state index contributed by atoms with van der Waals surface area (Å²) in [6.07, 6.45) is 5.06. The molecule has 0 bridgehead atoms. The number of anilines is 1. The zero-order valence-electron chi connectivity index (χ0n) is 14.5. The second kappa shape index (κ2) is 8.13. The van der Waals surface area contributed by atoms with Crippen LogP contribution in [0.25, 0.3) is 0 Å². The van der Waals surface area contributed by atoms with Crippen molar-refractivity contribution in [3.63, 3.8) is 0 Å². The third kappa shape index (κ3) is 4.56. The predicted octanol–water partition coefficient (Wildman–Crippen LogP) is 2.64. The van der Waals surface area contributed by atoms with Crippen LogP contribution in [0.15, 0.2) is 0 Å². The fourth-order valence-corrected chi connectivity index (χ4v) is 3.02. The molecule has 1 aromatic rings. The second-order valence-corrected chi connectivity index (χ2v) is 6.26. The number of carbonyl (C=O) groups excluding carboxylic acids is 2. The molecule has 1 aromatic heterocycles. The van der Waals surface area contributed by atoms with Gasteiger partial charge in [-0.1, -0.05) is 13.3 Å². The molecule has 1 fully saturated rings. The maximum Gasteiger partial charge on any atom is 0.226 e. The van der Waals surface area contributed by atoms with E-state index in [9.17, 15) is 9.59 Å². The van der Waals surface area contributed by atoms with Gasteiger partial charge in [0.05, 0.1) is 17.1 Å². The van der Waals surface area contributed by atoms with Crippen molar-refractivity contribution >= 4 is 17.5 Å². The lowest BCUT2D eigenvalue weighted by atomic mass is 10.2. The largest absolute Gasteiger partial charge is 0.342 e. The van der Waals surface area contributed by atoms with Gasteiger partial charge in [0, 0.05) is 32.5 Å². The predicted molar refractivity (Wildman–Crippen MR) is 90.3 cm³/mol. The average molecular weight is 320 g/mol. The van der Waals surface area contributed by atoms with Gasteiger partial charge < -0.3 is 10.2 Å². The van der Waals surface area contributed by atoms with Gasteiger partial charge in [-0.3, -0.25) is 14.3 Å². The van der Waals surface area contributed by atoms with Crippen molar-refractivity contribution in [3.05, 3.63) is 11.4 Å². The summed E-state index contributed by atoms with van der Waals surface area (Å²) in [4.78, 5) is 26.0. The Morgan fingerprint density at radius 1 is 1.22 bits per heavy atom. The van der Waals surface area contributed by atoms with Crippen LogP contribution < -0.4 is 5.32 Å². The number of rotatable bonds is 6. The molecule has 0 aliphatic carbocycles. The van der Waals surface area contributed by atoms with E-state index in [1.165, 1.54) is 0 Å². The fourth-order valence-electron chi connectivity index (χ4n) is 3.02. The summed E-state index contributed by atoms with van der Waals surface area (Å²) in [5, 5.41) is 7.43. The SMILES string of the molecule is CCCn1nc(C)c(NC(=O)CCN2CCCCCC2=O)c1C. The van der Waals surface area contributed by atoms with Crippen molar-refractivity contribution in [3.8, 4) is 0 Å². The van der Waals surface area contributed by atoms with E-state index in [1.807, 2.05) is 23.4 Å². The summed E-state index contributed by atoms with van der Waals surface area (Å²) < 4.78 is 1.93. The number of carbonyl (C=O) groups is 2. The third-order valence-electron chi connectivity index (χ3n) is 4.36. The van der Waals surface area contributed by atoms with Crippen LogP contribution in [-0.4, -0.2) is 39.6 Å². The summed E-state index contributed by atoms with van der Waals surface area (Å²) in [6, 6.07) is 0. The molecule has 0 saturated carbocycles. The minimum atomic E-state index is -0.0516. The van der Waals surface area contributed by atoms with Crippen molar-refractivity contribution in [2.75, 3.05) is 18.4 Å². The highest BCUT2D eigenvalue weighted by Gasteiger charge is 2.18. The highest BCUT2D eigenvalue weighted by atomic mass is 16.2. The van der Waals surface area contributed by atoms with Gasteiger partial charge in [0.15, 0.2) is 0 Å². The lowest BCUT2D eigenvalue weighted by molar-refractivity contribution is -0.131. The Morgan fingerprint density at radius 2 is 2.00 bits per heavy atom. The highest BCUT2D eigenvalue weighted by molar-refractivity contribution is 5.92. The van der Waals surface area contributed by atoms with E-state index in [1.54, 1.807) is 0 Å². The molecule has 0 unspecified atom stereocenters. The normalized spacial score (nSPS) is 15.6. The van der Waals surface area contributed by atoms with Crippen LogP contribution in [-0.2, 0) is 16.1 Å². The van der Waals surface area contributed by atoms with Crippen molar-refractivity contribution < 1.29 is 9.59 Å². The van der Waals surface area contributed by atoms with Gasteiger partial charge >= 0.3 is 0 Å². The van der Waals surface area contributed by atoms with E-state index in [0.717, 1.165) is 55.8 Å². The molecule has 0 atom stereocenters. The van der Waals surface area contributed by atoms with Gasteiger partial charge in [-0.25, -0.2) is 0 Å². The second-order valence-electron chi connectivity index (χ2n) is 6.26. The van der Waals surface area contributed by atoms with Gasteiger partial charge in [0.25, 0.3) is 0 Å². The molecule has 2 heterocycles. The summed E-state index contributed by atoms with van der Waals surface area (Å²) in [5.41, 5.74) is 2.64. The maximum absolute atomic E-state index is 12.2. The van der Waals surface area contributed by atoms with E-state index in [0.29, 0.717) is 19.4 Å². The van der Waals surface area contributed by atoms with Crippen LogP contribution in [0.3, 0.4) is 0 Å². The number of amides is 2. The quantitative estimate of drug-likeness (QED) is 0.876. The first kappa shape index (κ1) is 17.5. The van der Waals surface area contributed by atoms with Gasteiger partial charge in [-0.2, -0.15) is 5.10 Å². The zero-order chi connectivity index (χ0) is 16.8. The summed E-state index contributed by atoms with van der Waals surface area (Å²) in [6.45, 7) is 8.12. The molecule has 1 saturated heterocycles. The standard InChI is InChI=1S/C17H28N4O2/c1-4-10-21-14(3)17(13(2)19-21)18-15(22)9-12-20-11-7-5-6-8-16(20)23/h4-12H2,1-3H3,(H,18,22). The Balaban J connectivity index is 1.91. The molecular formula is C17H28N4O2. The van der Waals surface area contributed by atoms with Crippen molar-refractivity contribution in [2.45, 2.75) is 65.8 Å². The molecule has 2 rings (SSSR count). The van der Waals surface area contributed by atoms with Crippen molar-refractivity contribution in [1.82, 2.24) is 14.7 Å². The number of hydrogen-bond donors (Lipinski definition) is 1. The van der Waals surface area contributed by atoms with Crippen LogP contribution in [0.4, 0.5) is 5.69 Å². The highest BCUT2D eigenvalue weighted by Crippen LogP contribution is 2.20. The first-order valence-corrected chi connectivity index (χ1v) is 8.64. The Bertz CT molecular complexity index is 565. The number of likely N-dealkylation sites (tertiary alicyclic amines) is 1. The molecule has 128 valence electrons. The van der Waals surface area contributed by atoms with Crippen LogP contribution in [0.2, 0.25) is 0 Å². The summed E-state index contributed by atoms with van der Waals surface area (Å²) in [7, 11) is 0. The minimum Gasteiger partial charge on any atom is -0.342 e. The average Bonchev–Trinajstić information content (AvgIpc) is 2.68. The van der Waals surface area contributed by atoms with Crippen LogP contribution >= 0.6 is 0 Å². The van der Waals surface area contributed by atoms with E-state index in [2.05, 4.69) is 17.3 Å². The van der Waals surface area contributed by atoms with Gasteiger partial charge in [0.2, 0.25) is 11.8 Å². The van der Waals surface area contributed by atoms with E-state index < -0.39 is 0 Å². The third-order valence-corrected chi connectivity index (χ3v) is 4.36. The summed E-state index contributed by atoms with van der Waals surface area (Å²) >= 11 is 0. The monoisotopic (exact) mass is 320 g/mol. The first-order valence-electron chi connectivity index (χ1n) is 8.64. The lowest BCUT2D eigenvalue weighted by Crippen LogP contribution is -2.33. The number of nitrogens with zero attached hydrogens (tertiary/aromatic N) is 3. The Hall–Kier alpha value is -1.85. The topological polar surface area (TPSA) is 67.2 Å². The maximum atomic E-state index is 12.2. The van der Waals surface area contributed by atoms with Gasteiger partial charge in [0.1, 0.15) is 0 Å². The smallest absolute Gasteiger partial charge is 0.226 e. The Labute approximate surface area is 138 Å². The molecule has 1 N–H and O–H groups in total. The molecule has 2 amide bonds.